The fraction of sp³-hybridized carbons (Fsp3) is 0.917. The van der Waals surface area contributed by atoms with Crippen LogP contribution in [0.2, 0.25) is 0 Å². The van der Waals surface area contributed by atoms with Crippen LogP contribution in [0.3, 0.4) is 0 Å². The minimum atomic E-state index is -0.889. The summed E-state index contributed by atoms with van der Waals surface area (Å²) in [7, 11) is 0. The Morgan fingerprint density at radius 2 is 1.83 bits per heavy atom. The van der Waals surface area contributed by atoms with E-state index in [1.807, 2.05) is 0 Å². The first kappa shape index (κ1) is 13.9. The molecule has 6 nitrogen and oxygen atoms in total. The Morgan fingerprint density at radius 3 is 2.33 bits per heavy atom. The summed E-state index contributed by atoms with van der Waals surface area (Å²) in [5.74, 6) is -1.50. The maximum Gasteiger partial charge on any atom is 0.164 e. The van der Waals surface area contributed by atoms with Gasteiger partial charge in [-0.15, -0.1) is 0 Å². The van der Waals surface area contributed by atoms with Crippen LogP contribution in [-0.2, 0) is 18.9 Å². The number of hydrogen-bond donors (Lipinski definition) is 2. The fourth-order valence-corrected chi connectivity index (χ4v) is 2.31. The van der Waals surface area contributed by atoms with E-state index < -0.39 is 36.0 Å². The molecule has 0 amide bonds. The summed E-state index contributed by atoms with van der Waals surface area (Å²) in [6.07, 6.45) is -1.39. The number of aliphatic hydroxyl groups excluding tert-OH is 1. The fourth-order valence-electron chi connectivity index (χ4n) is 2.31. The summed E-state index contributed by atoms with van der Waals surface area (Å²) in [6.45, 7) is 7.41. The standard InChI is InChI=1S/C12H21NO5/c1-11(2)15-6-8(17-11)9(14)10-7(5-13)16-12(3,4)18-10/h5,7-10,13-14H,6H2,1-4H3. The van der Waals surface area contributed by atoms with Gasteiger partial charge >= 0.3 is 0 Å². The largest absolute Gasteiger partial charge is 0.387 e. The van der Waals surface area contributed by atoms with Crippen molar-refractivity contribution in [1.82, 2.24) is 0 Å². The normalized spacial score (nSPS) is 39.7. The zero-order chi connectivity index (χ0) is 13.6. The topological polar surface area (TPSA) is 81.0 Å². The molecule has 104 valence electrons. The smallest absolute Gasteiger partial charge is 0.164 e. The van der Waals surface area contributed by atoms with Crippen LogP contribution in [0.4, 0.5) is 0 Å². The molecule has 2 N–H and O–H groups in total. The predicted molar refractivity (Wildman–Crippen MR) is 63.5 cm³/mol. The van der Waals surface area contributed by atoms with E-state index in [0.717, 1.165) is 6.21 Å². The highest BCUT2D eigenvalue weighted by Crippen LogP contribution is 2.33. The van der Waals surface area contributed by atoms with Crippen molar-refractivity contribution in [2.45, 2.75) is 63.7 Å². The summed E-state index contributed by atoms with van der Waals surface area (Å²) in [5, 5.41) is 17.6. The Bertz CT molecular complexity index is 330. The average molecular weight is 259 g/mol. The van der Waals surface area contributed by atoms with Crippen molar-refractivity contribution in [3.63, 3.8) is 0 Å². The lowest BCUT2D eigenvalue weighted by atomic mass is 10.0. The molecule has 2 heterocycles. The van der Waals surface area contributed by atoms with Crippen molar-refractivity contribution < 1.29 is 24.1 Å². The van der Waals surface area contributed by atoms with Crippen molar-refractivity contribution in [3.05, 3.63) is 0 Å². The Hall–Kier alpha value is -0.530. The van der Waals surface area contributed by atoms with E-state index in [0.29, 0.717) is 6.61 Å². The van der Waals surface area contributed by atoms with Crippen LogP contribution < -0.4 is 0 Å². The number of aliphatic hydroxyl groups is 1. The molecule has 6 heteroatoms. The third kappa shape index (κ3) is 2.73. The lowest BCUT2D eigenvalue weighted by Crippen LogP contribution is -2.45. The first-order valence-electron chi connectivity index (χ1n) is 6.10. The number of rotatable bonds is 3. The Balaban J connectivity index is 2.05. The maximum atomic E-state index is 10.3. The van der Waals surface area contributed by atoms with E-state index >= 15 is 0 Å². The molecule has 0 aliphatic carbocycles. The molecular weight excluding hydrogens is 238 g/mol. The van der Waals surface area contributed by atoms with E-state index in [1.165, 1.54) is 0 Å². The molecule has 0 aromatic rings. The molecule has 2 aliphatic rings. The third-order valence-corrected chi connectivity index (χ3v) is 3.08. The molecule has 4 atom stereocenters. The Labute approximate surface area is 107 Å². The lowest BCUT2D eigenvalue weighted by molar-refractivity contribution is -0.178. The molecular formula is C12H21NO5. The zero-order valence-electron chi connectivity index (χ0n) is 11.2. The van der Waals surface area contributed by atoms with Crippen LogP contribution >= 0.6 is 0 Å². The SMILES string of the molecule is CC1(C)OCC(C(O)C2OC(C)(C)OC2C=N)O1. The van der Waals surface area contributed by atoms with Gasteiger partial charge in [-0.1, -0.05) is 0 Å². The Kier molecular flexibility index (Phi) is 3.50. The summed E-state index contributed by atoms with van der Waals surface area (Å²) >= 11 is 0. The lowest BCUT2D eigenvalue weighted by Gasteiger charge is -2.26. The van der Waals surface area contributed by atoms with E-state index in [4.69, 9.17) is 24.4 Å². The summed E-state index contributed by atoms with van der Waals surface area (Å²) in [6, 6.07) is 0. The molecule has 2 saturated heterocycles. The summed E-state index contributed by atoms with van der Waals surface area (Å²) < 4.78 is 22.2. The number of hydrogen-bond acceptors (Lipinski definition) is 6. The zero-order valence-corrected chi connectivity index (χ0v) is 11.2. The van der Waals surface area contributed by atoms with Gasteiger partial charge in [0.1, 0.15) is 24.4 Å². The third-order valence-electron chi connectivity index (χ3n) is 3.08. The molecule has 2 rings (SSSR count). The Morgan fingerprint density at radius 1 is 1.17 bits per heavy atom. The highest BCUT2D eigenvalue weighted by molar-refractivity contribution is 5.61. The summed E-state index contributed by atoms with van der Waals surface area (Å²) in [5.41, 5.74) is 0. The van der Waals surface area contributed by atoms with Crippen molar-refractivity contribution in [2.75, 3.05) is 6.61 Å². The van der Waals surface area contributed by atoms with Gasteiger partial charge < -0.3 is 29.5 Å². The van der Waals surface area contributed by atoms with Gasteiger partial charge in [0.25, 0.3) is 0 Å². The average Bonchev–Trinajstić information content (AvgIpc) is 2.77. The first-order valence-corrected chi connectivity index (χ1v) is 6.10. The van der Waals surface area contributed by atoms with Gasteiger partial charge in [0, 0.05) is 6.21 Å². The van der Waals surface area contributed by atoms with Gasteiger partial charge in [0.2, 0.25) is 0 Å². The number of nitrogens with one attached hydrogen (secondary N) is 1. The molecule has 18 heavy (non-hydrogen) atoms. The van der Waals surface area contributed by atoms with Gasteiger partial charge in [-0.25, -0.2) is 0 Å². The predicted octanol–water partition coefficient (Wildman–Crippen LogP) is 0.668. The maximum absolute atomic E-state index is 10.3. The van der Waals surface area contributed by atoms with E-state index in [1.54, 1.807) is 27.7 Å². The van der Waals surface area contributed by atoms with Crippen molar-refractivity contribution in [1.29, 1.82) is 5.41 Å². The quantitative estimate of drug-likeness (QED) is 0.728. The van der Waals surface area contributed by atoms with Gasteiger partial charge in [-0.05, 0) is 27.7 Å². The van der Waals surface area contributed by atoms with Gasteiger partial charge in [-0.2, -0.15) is 0 Å². The molecule has 4 unspecified atom stereocenters. The number of ether oxygens (including phenoxy) is 4. The minimum absolute atomic E-state index is 0.305. The van der Waals surface area contributed by atoms with Crippen LogP contribution in [0, 0.1) is 5.41 Å². The first-order chi connectivity index (χ1) is 8.24. The van der Waals surface area contributed by atoms with Crippen LogP contribution in [0.15, 0.2) is 0 Å². The van der Waals surface area contributed by atoms with Crippen molar-refractivity contribution >= 4 is 6.21 Å². The van der Waals surface area contributed by atoms with Crippen LogP contribution in [0.25, 0.3) is 0 Å². The van der Waals surface area contributed by atoms with Gasteiger partial charge in [0.05, 0.1) is 6.61 Å². The molecule has 0 radical (unpaired) electrons. The molecule has 0 saturated carbocycles. The molecule has 0 aromatic carbocycles. The van der Waals surface area contributed by atoms with Gasteiger partial charge in [-0.3, -0.25) is 0 Å². The second-order valence-corrected chi connectivity index (χ2v) is 5.59. The molecule has 0 aromatic heterocycles. The van der Waals surface area contributed by atoms with E-state index in [9.17, 15) is 5.11 Å². The molecule has 2 aliphatic heterocycles. The molecule has 0 spiro atoms. The minimum Gasteiger partial charge on any atom is -0.387 e. The van der Waals surface area contributed by atoms with Crippen molar-refractivity contribution in [2.24, 2.45) is 0 Å². The van der Waals surface area contributed by atoms with E-state index in [-0.39, 0.29) is 0 Å². The monoisotopic (exact) mass is 259 g/mol. The van der Waals surface area contributed by atoms with Crippen LogP contribution in [-0.4, -0.2) is 53.9 Å². The van der Waals surface area contributed by atoms with Gasteiger partial charge in [0.15, 0.2) is 11.6 Å². The highest BCUT2D eigenvalue weighted by Gasteiger charge is 2.49. The second kappa shape index (κ2) is 4.54. The van der Waals surface area contributed by atoms with Crippen LogP contribution in [0.5, 0.6) is 0 Å². The summed E-state index contributed by atoms with van der Waals surface area (Å²) in [4.78, 5) is 0. The second-order valence-electron chi connectivity index (χ2n) is 5.59. The van der Waals surface area contributed by atoms with E-state index in [2.05, 4.69) is 0 Å². The van der Waals surface area contributed by atoms with Crippen molar-refractivity contribution in [3.8, 4) is 0 Å². The highest BCUT2D eigenvalue weighted by atomic mass is 16.8. The van der Waals surface area contributed by atoms with Crippen LogP contribution in [0.1, 0.15) is 27.7 Å². The molecule has 2 fully saturated rings. The molecule has 0 bridgehead atoms.